The number of hydrogen-bond acceptors (Lipinski definition) is 6. The number of thioether (sulfide) groups is 1. The summed E-state index contributed by atoms with van der Waals surface area (Å²) in [6.45, 7) is 2.41. The van der Waals surface area contributed by atoms with Gasteiger partial charge in [0, 0.05) is 12.2 Å². The Morgan fingerprint density at radius 3 is 2.90 bits per heavy atom. The largest absolute Gasteiger partial charge is 0.478 e. The number of amides is 1. The Labute approximate surface area is 172 Å². The summed E-state index contributed by atoms with van der Waals surface area (Å²) in [6, 6.07) is 14.1. The third-order valence-electron chi connectivity index (χ3n) is 4.64. The van der Waals surface area contributed by atoms with Gasteiger partial charge in [-0.1, -0.05) is 42.1 Å². The monoisotopic (exact) mass is 413 g/mol. The van der Waals surface area contributed by atoms with Crippen molar-refractivity contribution in [2.24, 2.45) is 0 Å². The van der Waals surface area contributed by atoms with Gasteiger partial charge in [0.1, 0.15) is 0 Å². The SMILES string of the molecule is C[C@@H](Oc1ccccc1F)c1nnc(SCC(=O)N2CCCc3ccccc32)o1. The van der Waals surface area contributed by atoms with E-state index in [1.165, 1.54) is 29.5 Å². The molecule has 0 unspecified atom stereocenters. The first kappa shape index (κ1) is 19.4. The molecule has 1 aliphatic rings. The van der Waals surface area contributed by atoms with E-state index in [4.69, 9.17) is 9.15 Å². The summed E-state index contributed by atoms with van der Waals surface area (Å²) in [5, 5.41) is 8.20. The Morgan fingerprint density at radius 2 is 2.03 bits per heavy atom. The van der Waals surface area contributed by atoms with Crippen LogP contribution in [0.15, 0.2) is 58.2 Å². The van der Waals surface area contributed by atoms with Gasteiger partial charge in [0.05, 0.1) is 5.75 Å². The molecule has 29 heavy (non-hydrogen) atoms. The summed E-state index contributed by atoms with van der Waals surface area (Å²) >= 11 is 1.18. The molecule has 1 atom stereocenters. The Morgan fingerprint density at radius 1 is 1.24 bits per heavy atom. The fraction of sp³-hybridized carbons (Fsp3) is 0.286. The van der Waals surface area contributed by atoms with Crippen LogP contribution < -0.4 is 9.64 Å². The van der Waals surface area contributed by atoms with Crippen LogP contribution in [0.25, 0.3) is 0 Å². The van der Waals surface area contributed by atoms with Gasteiger partial charge in [-0.25, -0.2) is 4.39 Å². The average molecular weight is 413 g/mol. The summed E-state index contributed by atoms with van der Waals surface area (Å²) in [5.74, 6) is 0.0784. The predicted octanol–water partition coefficient (Wildman–Crippen LogP) is 4.42. The van der Waals surface area contributed by atoms with Crippen LogP contribution in [-0.4, -0.2) is 28.4 Å². The normalized spacial score (nSPS) is 14.3. The van der Waals surface area contributed by atoms with Crippen LogP contribution in [0.4, 0.5) is 10.1 Å². The molecule has 0 aliphatic carbocycles. The van der Waals surface area contributed by atoms with Gasteiger partial charge < -0.3 is 14.1 Å². The molecule has 4 rings (SSSR count). The van der Waals surface area contributed by atoms with Gasteiger partial charge in [0.25, 0.3) is 11.1 Å². The number of fused-ring (bicyclic) bond motifs is 1. The minimum Gasteiger partial charge on any atom is -0.478 e. The molecule has 3 aromatic rings. The first-order valence-corrected chi connectivity index (χ1v) is 10.4. The zero-order chi connectivity index (χ0) is 20.2. The van der Waals surface area contributed by atoms with Gasteiger partial charge in [-0.3, -0.25) is 4.79 Å². The number of halogens is 1. The van der Waals surface area contributed by atoms with Crippen molar-refractivity contribution in [3.63, 3.8) is 0 Å². The van der Waals surface area contributed by atoms with Crippen molar-refractivity contribution in [2.45, 2.75) is 31.1 Å². The van der Waals surface area contributed by atoms with Gasteiger partial charge in [-0.05, 0) is 43.5 Å². The zero-order valence-electron chi connectivity index (χ0n) is 15.9. The molecule has 0 fully saturated rings. The number of nitrogens with zero attached hydrogens (tertiary/aromatic N) is 3. The van der Waals surface area contributed by atoms with Crippen molar-refractivity contribution in [2.75, 3.05) is 17.2 Å². The van der Waals surface area contributed by atoms with E-state index >= 15 is 0 Å². The van der Waals surface area contributed by atoms with E-state index in [-0.39, 0.29) is 28.5 Å². The third-order valence-corrected chi connectivity index (χ3v) is 5.44. The highest BCUT2D eigenvalue weighted by atomic mass is 32.2. The lowest BCUT2D eigenvalue weighted by atomic mass is 10.0. The predicted molar refractivity (Wildman–Crippen MR) is 108 cm³/mol. The minimum absolute atomic E-state index is 0.00226. The maximum atomic E-state index is 13.7. The fourth-order valence-electron chi connectivity index (χ4n) is 3.22. The molecule has 0 saturated heterocycles. The summed E-state index contributed by atoms with van der Waals surface area (Å²) in [5.41, 5.74) is 2.17. The van der Waals surface area contributed by atoms with Crippen molar-refractivity contribution in [3.05, 3.63) is 65.8 Å². The van der Waals surface area contributed by atoms with E-state index in [1.807, 2.05) is 23.1 Å². The number of benzene rings is 2. The zero-order valence-corrected chi connectivity index (χ0v) is 16.7. The molecule has 0 spiro atoms. The topological polar surface area (TPSA) is 68.5 Å². The highest BCUT2D eigenvalue weighted by molar-refractivity contribution is 7.99. The number of rotatable bonds is 6. The minimum atomic E-state index is -0.613. The summed E-state index contributed by atoms with van der Waals surface area (Å²) in [4.78, 5) is 14.5. The van der Waals surface area contributed by atoms with E-state index in [9.17, 15) is 9.18 Å². The maximum absolute atomic E-state index is 13.7. The first-order chi connectivity index (χ1) is 14.1. The van der Waals surface area contributed by atoms with E-state index in [0.717, 1.165) is 18.5 Å². The Balaban J connectivity index is 1.36. The second-order valence-electron chi connectivity index (χ2n) is 6.66. The van der Waals surface area contributed by atoms with Crippen LogP contribution in [0, 0.1) is 5.82 Å². The molecule has 8 heteroatoms. The van der Waals surface area contributed by atoms with Crippen LogP contribution in [0.3, 0.4) is 0 Å². The molecule has 1 amide bonds. The molecule has 0 saturated carbocycles. The Kier molecular flexibility index (Phi) is 5.80. The van der Waals surface area contributed by atoms with Crippen LogP contribution >= 0.6 is 11.8 Å². The van der Waals surface area contributed by atoms with Gasteiger partial charge in [-0.2, -0.15) is 0 Å². The number of aryl methyl sites for hydroxylation is 1. The lowest BCUT2D eigenvalue weighted by Gasteiger charge is -2.29. The number of carbonyl (C=O) groups is 1. The molecule has 6 nitrogen and oxygen atoms in total. The van der Waals surface area contributed by atoms with Crippen LogP contribution in [0.1, 0.15) is 30.9 Å². The second-order valence-corrected chi connectivity index (χ2v) is 7.59. The molecule has 150 valence electrons. The van der Waals surface area contributed by atoms with E-state index in [0.29, 0.717) is 6.54 Å². The Hall–Kier alpha value is -2.87. The molecular weight excluding hydrogens is 393 g/mol. The lowest BCUT2D eigenvalue weighted by Crippen LogP contribution is -2.36. The molecule has 2 heterocycles. The highest BCUT2D eigenvalue weighted by Gasteiger charge is 2.23. The quantitative estimate of drug-likeness (QED) is 0.557. The summed E-state index contributed by atoms with van der Waals surface area (Å²) in [7, 11) is 0. The number of para-hydroxylation sites is 2. The second kappa shape index (κ2) is 8.65. The lowest BCUT2D eigenvalue weighted by molar-refractivity contribution is -0.116. The Bertz CT molecular complexity index is 1010. The molecule has 2 aromatic carbocycles. The number of hydrogen-bond donors (Lipinski definition) is 0. The summed E-state index contributed by atoms with van der Waals surface area (Å²) < 4.78 is 24.9. The number of carbonyl (C=O) groups excluding carboxylic acids is 1. The van der Waals surface area contributed by atoms with E-state index < -0.39 is 11.9 Å². The van der Waals surface area contributed by atoms with Gasteiger partial charge in [0.2, 0.25) is 5.91 Å². The fourth-order valence-corrected chi connectivity index (χ4v) is 3.86. The standard InChI is InChI=1S/C21H20FN3O3S/c1-14(27-18-11-5-3-9-16(18)22)20-23-24-21(28-20)29-13-19(26)25-12-6-8-15-7-2-4-10-17(15)25/h2-5,7,9-11,14H,6,8,12-13H2,1H3/t14-/m1/s1. The number of ether oxygens (including phenoxy) is 1. The maximum Gasteiger partial charge on any atom is 0.277 e. The molecule has 0 bridgehead atoms. The smallest absolute Gasteiger partial charge is 0.277 e. The molecule has 0 radical (unpaired) electrons. The van der Waals surface area contributed by atoms with Gasteiger partial charge >= 0.3 is 0 Å². The van der Waals surface area contributed by atoms with Crippen molar-refractivity contribution in [3.8, 4) is 5.75 Å². The van der Waals surface area contributed by atoms with E-state index in [2.05, 4.69) is 16.3 Å². The highest BCUT2D eigenvalue weighted by Crippen LogP contribution is 2.29. The average Bonchev–Trinajstić information content (AvgIpc) is 3.22. The first-order valence-electron chi connectivity index (χ1n) is 9.37. The van der Waals surface area contributed by atoms with Crippen LogP contribution in [0.5, 0.6) is 5.75 Å². The number of aromatic nitrogens is 2. The third kappa shape index (κ3) is 4.42. The van der Waals surface area contributed by atoms with Crippen LogP contribution in [0.2, 0.25) is 0 Å². The molecule has 0 N–H and O–H groups in total. The van der Waals surface area contributed by atoms with Crippen molar-refractivity contribution in [1.29, 1.82) is 0 Å². The van der Waals surface area contributed by atoms with E-state index in [1.54, 1.807) is 19.1 Å². The summed E-state index contributed by atoms with van der Waals surface area (Å²) in [6.07, 6.45) is 1.32. The van der Waals surface area contributed by atoms with Crippen molar-refractivity contribution < 1.29 is 18.3 Å². The van der Waals surface area contributed by atoms with Crippen molar-refractivity contribution >= 4 is 23.4 Å². The van der Waals surface area contributed by atoms with Gasteiger partial charge in [-0.15, -0.1) is 10.2 Å². The van der Waals surface area contributed by atoms with Crippen LogP contribution in [-0.2, 0) is 11.2 Å². The number of anilines is 1. The van der Waals surface area contributed by atoms with Crippen molar-refractivity contribution in [1.82, 2.24) is 10.2 Å². The molecular formula is C21H20FN3O3S. The molecule has 1 aromatic heterocycles. The molecule has 1 aliphatic heterocycles. The van der Waals surface area contributed by atoms with Gasteiger partial charge in [0.15, 0.2) is 17.7 Å².